The number of nitrogens with zero attached hydrogens (tertiary/aromatic N) is 3. The predicted octanol–water partition coefficient (Wildman–Crippen LogP) is 3.09. The van der Waals surface area contributed by atoms with Crippen molar-refractivity contribution in [1.29, 1.82) is 0 Å². The molecular weight excluding hydrogens is 294 g/mol. The lowest BCUT2D eigenvalue weighted by Gasteiger charge is -2.34. The van der Waals surface area contributed by atoms with Crippen LogP contribution in [-0.4, -0.2) is 33.4 Å². The van der Waals surface area contributed by atoms with Crippen LogP contribution >= 0.6 is 0 Å². The Morgan fingerprint density at radius 2 is 2.35 bits per heavy atom. The Bertz CT molecular complexity index is 671. The highest BCUT2D eigenvalue weighted by atomic mass is 16.6. The fraction of sp³-hybridized carbons (Fsp3) is 0.438. The Kier molecular flexibility index (Phi) is 4.57. The van der Waals surface area contributed by atoms with Gasteiger partial charge in [-0.15, -0.1) is 0 Å². The van der Waals surface area contributed by atoms with Gasteiger partial charge in [0, 0.05) is 32.1 Å². The number of hydrogen-bond donors (Lipinski definition) is 2. The molecule has 1 aliphatic rings. The smallest absolute Gasteiger partial charge is 0.292 e. The number of nitro benzene ring substituents is 1. The molecule has 1 aromatic carbocycles. The lowest BCUT2D eigenvalue weighted by Crippen LogP contribution is -2.33. The Morgan fingerprint density at radius 1 is 1.48 bits per heavy atom. The van der Waals surface area contributed by atoms with E-state index in [1.54, 1.807) is 25.4 Å². The van der Waals surface area contributed by atoms with Gasteiger partial charge in [-0.05, 0) is 31.0 Å². The molecule has 3 rings (SSSR count). The van der Waals surface area contributed by atoms with Crippen molar-refractivity contribution in [1.82, 2.24) is 14.9 Å². The third-order valence-corrected chi connectivity index (χ3v) is 4.36. The van der Waals surface area contributed by atoms with E-state index in [1.807, 2.05) is 12.3 Å². The number of nitro groups is 1. The monoisotopic (exact) mass is 315 g/mol. The molecule has 1 atom stereocenters. The van der Waals surface area contributed by atoms with E-state index in [2.05, 4.69) is 20.2 Å². The summed E-state index contributed by atoms with van der Waals surface area (Å²) in [7, 11) is 1.69. The molecule has 0 radical (unpaired) electrons. The molecule has 23 heavy (non-hydrogen) atoms. The zero-order valence-corrected chi connectivity index (χ0v) is 13.2. The number of rotatable bonds is 5. The summed E-state index contributed by atoms with van der Waals surface area (Å²) >= 11 is 0. The number of piperidine rings is 1. The normalized spacial score (nSPS) is 18.7. The number of hydrogen-bond acceptors (Lipinski definition) is 5. The minimum Gasteiger partial charge on any atom is -0.383 e. The summed E-state index contributed by atoms with van der Waals surface area (Å²) in [4.78, 5) is 20.8. The number of imidazole rings is 1. The fourth-order valence-corrected chi connectivity index (χ4v) is 3.22. The second-order valence-corrected chi connectivity index (χ2v) is 5.82. The van der Waals surface area contributed by atoms with Gasteiger partial charge in [-0.3, -0.25) is 15.0 Å². The number of aromatic amines is 1. The summed E-state index contributed by atoms with van der Waals surface area (Å²) in [5.41, 5.74) is 1.62. The Labute approximate surface area is 134 Å². The van der Waals surface area contributed by atoms with Crippen molar-refractivity contribution in [3.63, 3.8) is 0 Å². The molecule has 0 aliphatic carbocycles. The van der Waals surface area contributed by atoms with Gasteiger partial charge in [0.05, 0.1) is 11.0 Å². The first kappa shape index (κ1) is 15.5. The van der Waals surface area contributed by atoms with Gasteiger partial charge in [-0.2, -0.15) is 0 Å². The molecule has 0 bridgehead atoms. The van der Waals surface area contributed by atoms with Crippen LogP contribution < -0.4 is 5.32 Å². The molecule has 122 valence electrons. The molecular formula is C16H21N5O2. The van der Waals surface area contributed by atoms with Crippen LogP contribution in [0.4, 0.5) is 11.4 Å². The number of aromatic nitrogens is 2. The van der Waals surface area contributed by atoms with Crippen molar-refractivity contribution in [2.24, 2.45) is 0 Å². The molecule has 2 aromatic rings. The Balaban J connectivity index is 1.82. The van der Waals surface area contributed by atoms with E-state index in [4.69, 9.17) is 0 Å². The third kappa shape index (κ3) is 3.34. The van der Waals surface area contributed by atoms with Crippen LogP contribution in [0.15, 0.2) is 30.6 Å². The van der Waals surface area contributed by atoms with Crippen molar-refractivity contribution in [3.8, 4) is 0 Å². The van der Waals surface area contributed by atoms with Gasteiger partial charge >= 0.3 is 0 Å². The topological polar surface area (TPSA) is 87.1 Å². The first-order valence-electron chi connectivity index (χ1n) is 7.87. The zero-order valence-electron chi connectivity index (χ0n) is 13.2. The first-order valence-corrected chi connectivity index (χ1v) is 7.87. The largest absolute Gasteiger partial charge is 0.383 e. The van der Waals surface area contributed by atoms with Crippen LogP contribution in [0.5, 0.6) is 0 Å². The van der Waals surface area contributed by atoms with Crippen LogP contribution in [0, 0.1) is 10.1 Å². The van der Waals surface area contributed by atoms with E-state index in [-0.39, 0.29) is 16.7 Å². The second kappa shape index (κ2) is 6.78. The molecule has 7 heteroatoms. The zero-order chi connectivity index (χ0) is 16.2. The highest BCUT2D eigenvalue weighted by Gasteiger charge is 2.26. The summed E-state index contributed by atoms with van der Waals surface area (Å²) in [5, 5.41) is 14.1. The van der Waals surface area contributed by atoms with Crippen molar-refractivity contribution in [3.05, 3.63) is 52.1 Å². The Hall–Kier alpha value is -2.41. The maximum atomic E-state index is 11.2. The number of anilines is 1. The van der Waals surface area contributed by atoms with Gasteiger partial charge in [-0.1, -0.05) is 12.5 Å². The fourth-order valence-electron chi connectivity index (χ4n) is 3.22. The van der Waals surface area contributed by atoms with Crippen LogP contribution in [0.1, 0.15) is 36.7 Å². The minimum absolute atomic E-state index is 0.122. The van der Waals surface area contributed by atoms with Gasteiger partial charge in [0.25, 0.3) is 5.69 Å². The number of nitrogens with one attached hydrogen (secondary N) is 2. The van der Waals surface area contributed by atoms with Crippen molar-refractivity contribution in [2.75, 3.05) is 18.9 Å². The van der Waals surface area contributed by atoms with E-state index in [9.17, 15) is 10.1 Å². The maximum absolute atomic E-state index is 11.2. The second-order valence-electron chi connectivity index (χ2n) is 5.82. The number of benzene rings is 1. The van der Waals surface area contributed by atoms with E-state index < -0.39 is 0 Å². The quantitative estimate of drug-likeness (QED) is 0.654. The molecule has 2 N–H and O–H groups in total. The summed E-state index contributed by atoms with van der Waals surface area (Å²) in [5.74, 6) is 0.978. The Morgan fingerprint density at radius 3 is 3.04 bits per heavy atom. The summed E-state index contributed by atoms with van der Waals surface area (Å²) in [6.07, 6.45) is 7.00. The number of likely N-dealkylation sites (tertiary alicyclic amines) is 1. The maximum Gasteiger partial charge on any atom is 0.292 e. The van der Waals surface area contributed by atoms with Crippen molar-refractivity contribution < 1.29 is 4.92 Å². The first-order chi connectivity index (χ1) is 11.2. The molecule has 0 spiro atoms. The van der Waals surface area contributed by atoms with Gasteiger partial charge < -0.3 is 10.3 Å². The molecule has 1 aromatic heterocycles. The van der Waals surface area contributed by atoms with Crippen LogP contribution in [-0.2, 0) is 6.54 Å². The van der Waals surface area contributed by atoms with Gasteiger partial charge in [0.15, 0.2) is 0 Å². The van der Waals surface area contributed by atoms with Gasteiger partial charge in [0.1, 0.15) is 11.5 Å². The highest BCUT2D eigenvalue weighted by Crippen LogP contribution is 2.32. The summed E-state index contributed by atoms with van der Waals surface area (Å²) < 4.78 is 0. The van der Waals surface area contributed by atoms with E-state index in [1.165, 1.54) is 6.42 Å². The molecule has 0 saturated carbocycles. The van der Waals surface area contributed by atoms with E-state index >= 15 is 0 Å². The molecule has 0 amide bonds. The SMILES string of the molecule is CNc1ccc(CN2CCCC[C@H]2c2ncc[nH]2)cc1[N+](=O)[O-]. The number of H-pyrrole nitrogens is 1. The molecule has 7 nitrogen and oxygen atoms in total. The molecule has 1 fully saturated rings. The van der Waals surface area contributed by atoms with Crippen LogP contribution in [0.3, 0.4) is 0 Å². The third-order valence-electron chi connectivity index (χ3n) is 4.36. The summed E-state index contributed by atoms with van der Waals surface area (Å²) in [6.45, 7) is 1.67. The van der Waals surface area contributed by atoms with E-state index in [0.29, 0.717) is 12.2 Å². The van der Waals surface area contributed by atoms with Crippen LogP contribution in [0.25, 0.3) is 0 Å². The van der Waals surface area contributed by atoms with E-state index in [0.717, 1.165) is 30.8 Å². The minimum atomic E-state index is -0.338. The highest BCUT2D eigenvalue weighted by molar-refractivity contribution is 5.62. The molecule has 0 unspecified atom stereocenters. The molecule has 2 heterocycles. The van der Waals surface area contributed by atoms with Crippen LogP contribution in [0.2, 0.25) is 0 Å². The molecule has 1 aliphatic heterocycles. The van der Waals surface area contributed by atoms with Crippen molar-refractivity contribution >= 4 is 11.4 Å². The lowest BCUT2D eigenvalue weighted by molar-refractivity contribution is -0.384. The summed E-state index contributed by atoms with van der Waals surface area (Å²) in [6, 6.07) is 5.65. The van der Waals surface area contributed by atoms with Gasteiger partial charge in [0.2, 0.25) is 0 Å². The predicted molar refractivity (Wildman–Crippen MR) is 88.2 cm³/mol. The molecule has 1 saturated heterocycles. The van der Waals surface area contributed by atoms with Gasteiger partial charge in [-0.25, -0.2) is 4.98 Å². The van der Waals surface area contributed by atoms with Crippen molar-refractivity contribution in [2.45, 2.75) is 31.8 Å². The average Bonchev–Trinajstić information content (AvgIpc) is 3.09. The standard InChI is InChI=1S/C16H21N5O2/c1-17-13-6-5-12(10-15(13)21(22)23)11-20-9-3-2-4-14(20)16-18-7-8-19-16/h5-8,10,14,17H,2-4,9,11H2,1H3,(H,18,19)/t14-/m0/s1. The average molecular weight is 315 g/mol. The lowest BCUT2D eigenvalue weighted by atomic mass is 10.0.